The van der Waals surface area contributed by atoms with Gasteiger partial charge in [0.1, 0.15) is 5.54 Å². The number of hydrogen-bond donors (Lipinski definition) is 2. The molecule has 0 aromatic carbocycles. The lowest BCUT2D eigenvalue weighted by Gasteiger charge is -2.33. The molecule has 136 valence electrons. The maximum atomic E-state index is 11.7. The van der Waals surface area contributed by atoms with Gasteiger partial charge in [-0.2, -0.15) is 0 Å². The summed E-state index contributed by atoms with van der Waals surface area (Å²) < 4.78 is 11.9. The van der Waals surface area contributed by atoms with Gasteiger partial charge < -0.3 is 19.5 Å². The topological polar surface area (TPSA) is 96.3 Å². The molecule has 2 heterocycles. The van der Waals surface area contributed by atoms with E-state index in [-0.39, 0.29) is 30.8 Å². The molecule has 7 nitrogen and oxygen atoms in total. The lowest BCUT2D eigenvalue weighted by molar-refractivity contribution is -0.150. The fourth-order valence-electron chi connectivity index (χ4n) is 3.64. The summed E-state index contributed by atoms with van der Waals surface area (Å²) in [4.78, 5) is 24.1. The van der Waals surface area contributed by atoms with E-state index in [9.17, 15) is 19.8 Å². The van der Waals surface area contributed by atoms with Crippen molar-refractivity contribution in [2.24, 2.45) is 5.92 Å². The quantitative estimate of drug-likeness (QED) is 0.747. The molecule has 0 radical (unpaired) electrons. The number of aliphatic carboxylic acids is 1. The average molecular weight is 341 g/mol. The maximum absolute atomic E-state index is 11.7. The van der Waals surface area contributed by atoms with Crippen LogP contribution in [0.2, 0.25) is 6.32 Å². The molecule has 2 N–H and O–H groups in total. The Kier molecular flexibility index (Phi) is 4.94. The zero-order chi connectivity index (χ0) is 18.3. The summed E-state index contributed by atoms with van der Waals surface area (Å²) in [7, 11) is -0.303. The van der Waals surface area contributed by atoms with Crippen molar-refractivity contribution < 1.29 is 29.1 Å². The Hall–Kier alpha value is -1.28. The van der Waals surface area contributed by atoms with Crippen molar-refractivity contribution in [3.05, 3.63) is 0 Å². The zero-order valence-corrected chi connectivity index (χ0v) is 15.2. The van der Waals surface area contributed by atoms with Crippen molar-refractivity contribution in [2.75, 3.05) is 6.54 Å². The van der Waals surface area contributed by atoms with Crippen molar-refractivity contribution in [3.8, 4) is 0 Å². The fourth-order valence-corrected chi connectivity index (χ4v) is 3.64. The van der Waals surface area contributed by atoms with Gasteiger partial charge in [0, 0.05) is 6.54 Å². The molecule has 0 saturated carbocycles. The first-order chi connectivity index (χ1) is 10.9. The van der Waals surface area contributed by atoms with Gasteiger partial charge >= 0.3 is 19.2 Å². The highest BCUT2D eigenvalue weighted by Gasteiger charge is 2.54. The standard InChI is InChI=1S/C16H28BNO6/c1-14(2)15(3,4)24-17(23-14)9-6-7-11-8-10-18(13(21)22)16(11,5)12(19)20/h11H,6-10H2,1-5H3,(H,19,20)(H,21,22)/t11-,16+/m1/s1. The van der Waals surface area contributed by atoms with Gasteiger partial charge in [0.25, 0.3) is 0 Å². The van der Waals surface area contributed by atoms with E-state index >= 15 is 0 Å². The lowest BCUT2D eigenvalue weighted by atomic mass is 9.77. The zero-order valence-electron chi connectivity index (χ0n) is 15.2. The SMILES string of the molecule is CC1(C)OB(CCC[C@@H]2CCN(C(=O)O)[C@]2(C)C(=O)O)OC1(C)C. The van der Waals surface area contributed by atoms with Crippen molar-refractivity contribution in [1.29, 1.82) is 0 Å². The molecule has 0 aromatic rings. The molecule has 2 aliphatic heterocycles. The van der Waals surface area contributed by atoms with E-state index in [1.165, 1.54) is 6.92 Å². The smallest absolute Gasteiger partial charge is 0.457 e. The van der Waals surface area contributed by atoms with Crippen LogP contribution in [-0.4, -0.2) is 57.6 Å². The molecule has 0 bridgehead atoms. The lowest BCUT2D eigenvalue weighted by Crippen LogP contribution is -2.53. The maximum Gasteiger partial charge on any atom is 0.457 e. The van der Waals surface area contributed by atoms with Gasteiger partial charge in [-0.05, 0) is 59.7 Å². The van der Waals surface area contributed by atoms with Crippen molar-refractivity contribution in [1.82, 2.24) is 4.90 Å². The summed E-state index contributed by atoms with van der Waals surface area (Å²) in [5.74, 6) is -1.28. The molecule has 2 rings (SSSR count). The first kappa shape index (κ1) is 19.1. The second-order valence-electron chi connectivity index (χ2n) is 7.99. The number of likely N-dealkylation sites (tertiary alicyclic amines) is 1. The number of amides is 1. The Morgan fingerprint density at radius 1 is 1.12 bits per heavy atom. The van der Waals surface area contributed by atoms with Crippen LogP contribution in [0.3, 0.4) is 0 Å². The molecule has 8 heteroatoms. The van der Waals surface area contributed by atoms with E-state index in [0.29, 0.717) is 19.2 Å². The largest absolute Gasteiger partial charge is 0.479 e. The van der Waals surface area contributed by atoms with Crippen LogP contribution in [0.1, 0.15) is 53.9 Å². The Morgan fingerprint density at radius 2 is 1.67 bits per heavy atom. The summed E-state index contributed by atoms with van der Waals surface area (Å²) in [5.41, 5.74) is -2.11. The van der Waals surface area contributed by atoms with E-state index in [0.717, 1.165) is 11.3 Å². The fraction of sp³-hybridized carbons (Fsp3) is 0.875. The van der Waals surface area contributed by atoms with Crippen LogP contribution in [0.4, 0.5) is 4.79 Å². The van der Waals surface area contributed by atoms with E-state index in [2.05, 4.69) is 0 Å². The van der Waals surface area contributed by atoms with Crippen LogP contribution in [0, 0.1) is 5.92 Å². The summed E-state index contributed by atoms with van der Waals surface area (Å²) in [6.45, 7) is 9.76. The summed E-state index contributed by atoms with van der Waals surface area (Å²) in [6.07, 6.45) is 1.44. The molecule has 0 spiro atoms. The summed E-state index contributed by atoms with van der Waals surface area (Å²) in [6, 6.07) is 0. The normalized spacial score (nSPS) is 31.5. The third-order valence-corrected chi connectivity index (χ3v) is 6.02. The highest BCUT2D eigenvalue weighted by Crippen LogP contribution is 2.41. The Bertz CT molecular complexity index is 507. The first-order valence-electron chi connectivity index (χ1n) is 8.51. The van der Waals surface area contributed by atoms with E-state index < -0.39 is 17.6 Å². The van der Waals surface area contributed by atoms with Crippen LogP contribution in [-0.2, 0) is 14.1 Å². The Balaban J connectivity index is 1.93. The minimum atomic E-state index is -1.36. The average Bonchev–Trinajstić information content (AvgIpc) is 2.85. The van der Waals surface area contributed by atoms with Gasteiger partial charge in [0.15, 0.2) is 0 Å². The van der Waals surface area contributed by atoms with Gasteiger partial charge in [0.2, 0.25) is 0 Å². The van der Waals surface area contributed by atoms with Crippen LogP contribution in [0.5, 0.6) is 0 Å². The monoisotopic (exact) mass is 341 g/mol. The second-order valence-corrected chi connectivity index (χ2v) is 7.99. The number of carbonyl (C=O) groups is 2. The highest BCUT2D eigenvalue weighted by molar-refractivity contribution is 6.45. The third-order valence-electron chi connectivity index (χ3n) is 6.02. The van der Waals surface area contributed by atoms with E-state index in [1.807, 2.05) is 27.7 Å². The molecule has 0 unspecified atom stereocenters. The van der Waals surface area contributed by atoms with Gasteiger partial charge in [-0.1, -0.05) is 6.42 Å². The molecule has 24 heavy (non-hydrogen) atoms. The van der Waals surface area contributed by atoms with Gasteiger partial charge in [-0.3, -0.25) is 4.90 Å². The van der Waals surface area contributed by atoms with Crippen LogP contribution < -0.4 is 0 Å². The molecular formula is C16H28BNO6. The van der Waals surface area contributed by atoms with Crippen molar-refractivity contribution >= 4 is 19.2 Å². The van der Waals surface area contributed by atoms with Gasteiger partial charge in [0.05, 0.1) is 11.2 Å². The van der Waals surface area contributed by atoms with Crippen molar-refractivity contribution in [3.63, 3.8) is 0 Å². The molecule has 2 aliphatic rings. The van der Waals surface area contributed by atoms with E-state index in [4.69, 9.17) is 9.31 Å². The predicted octanol–water partition coefficient (Wildman–Crippen LogP) is 2.70. The minimum absolute atomic E-state index is 0.200. The first-order valence-corrected chi connectivity index (χ1v) is 8.51. The molecular weight excluding hydrogens is 313 g/mol. The number of rotatable bonds is 5. The van der Waals surface area contributed by atoms with Gasteiger partial charge in [-0.15, -0.1) is 0 Å². The molecule has 2 saturated heterocycles. The van der Waals surface area contributed by atoms with Crippen LogP contribution in [0.15, 0.2) is 0 Å². The van der Waals surface area contributed by atoms with Crippen LogP contribution in [0.25, 0.3) is 0 Å². The van der Waals surface area contributed by atoms with Crippen molar-refractivity contribution in [2.45, 2.75) is 76.9 Å². The predicted molar refractivity (Wildman–Crippen MR) is 89.0 cm³/mol. The Morgan fingerprint density at radius 3 is 2.12 bits per heavy atom. The minimum Gasteiger partial charge on any atom is -0.479 e. The Labute approximate surface area is 143 Å². The molecule has 2 fully saturated rings. The number of carboxylic acid groups (broad SMARTS) is 2. The second kappa shape index (κ2) is 6.22. The molecule has 0 aromatic heterocycles. The van der Waals surface area contributed by atoms with E-state index in [1.54, 1.807) is 0 Å². The molecule has 1 amide bonds. The summed E-state index contributed by atoms with van der Waals surface area (Å²) in [5, 5.41) is 18.8. The number of nitrogens with zero attached hydrogens (tertiary/aromatic N) is 1. The van der Waals surface area contributed by atoms with Crippen LogP contribution >= 0.6 is 0 Å². The summed E-state index contributed by atoms with van der Waals surface area (Å²) >= 11 is 0. The third kappa shape index (κ3) is 3.13. The van der Waals surface area contributed by atoms with Gasteiger partial charge in [-0.25, -0.2) is 9.59 Å². The molecule has 0 aliphatic carbocycles. The number of hydrogen-bond acceptors (Lipinski definition) is 4. The highest BCUT2D eigenvalue weighted by atomic mass is 16.7. The molecule has 2 atom stereocenters. The number of carboxylic acids is 1.